The van der Waals surface area contributed by atoms with Gasteiger partial charge in [-0.2, -0.15) is 0 Å². The summed E-state index contributed by atoms with van der Waals surface area (Å²) in [7, 11) is -3.98. The van der Waals surface area contributed by atoms with Crippen LogP contribution in [0.2, 0.25) is 0 Å². The minimum atomic E-state index is -3.98. The molecule has 36 heavy (non-hydrogen) atoms. The lowest BCUT2D eigenvalue weighted by Gasteiger charge is -2.16. The largest absolute Gasteiger partial charge is 0.481 e. The fraction of sp³-hybridized carbons (Fsp3) is 0.0800. The van der Waals surface area contributed by atoms with Gasteiger partial charge in [-0.25, -0.2) is 17.9 Å². The van der Waals surface area contributed by atoms with Crippen LogP contribution < -0.4 is 15.4 Å². The number of pyridine rings is 1. The Morgan fingerprint density at radius 3 is 2.39 bits per heavy atom. The third kappa shape index (κ3) is 6.54. The number of carboxylic acids is 1. The van der Waals surface area contributed by atoms with Crippen LogP contribution in [0.1, 0.15) is 18.0 Å². The van der Waals surface area contributed by atoms with E-state index in [0.717, 1.165) is 11.3 Å². The van der Waals surface area contributed by atoms with Crippen molar-refractivity contribution in [1.82, 2.24) is 9.71 Å². The van der Waals surface area contributed by atoms with E-state index in [4.69, 9.17) is 0 Å². The summed E-state index contributed by atoms with van der Waals surface area (Å²) in [6.07, 6.45) is 2.73. The standard InChI is InChI=1S/C25H22N4O5S2/c30-23(31)15-21(17-6-2-1-3-7-17)29-36(33,34)24-12-11-22(35-24)18-8-4-9-19(14-18)27-25(32)28-20-10-5-13-26-16-20/h1-14,16,21,29H,15H2,(H,30,31)(H2,27,28,32). The maximum atomic E-state index is 13.1. The molecule has 0 spiro atoms. The van der Waals surface area contributed by atoms with Crippen LogP contribution in [-0.4, -0.2) is 30.5 Å². The van der Waals surface area contributed by atoms with E-state index in [1.165, 1.54) is 12.3 Å². The van der Waals surface area contributed by atoms with E-state index in [-0.39, 0.29) is 4.21 Å². The van der Waals surface area contributed by atoms with Gasteiger partial charge in [0, 0.05) is 16.8 Å². The molecule has 184 valence electrons. The molecule has 4 rings (SSSR count). The second-order valence-electron chi connectivity index (χ2n) is 7.70. The Hall–Kier alpha value is -4.06. The zero-order chi connectivity index (χ0) is 25.5. The van der Waals surface area contributed by atoms with E-state index in [9.17, 15) is 23.1 Å². The van der Waals surface area contributed by atoms with Gasteiger partial charge in [-0.05, 0) is 47.5 Å². The Morgan fingerprint density at radius 1 is 0.917 bits per heavy atom. The molecule has 0 saturated carbocycles. The number of carbonyl (C=O) groups excluding carboxylic acids is 1. The Kier molecular flexibility index (Phi) is 7.74. The summed E-state index contributed by atoms with van der Waals surface area (Å²) in [6.45, 7) is 0. The van der Waals surface area contributed by atoms with E-state index >= 15 is 0 Å². The second-order valence-corrected chi connectivity index (χ2v) is 10.7. The van der Waals surface area contributed by atoms with E-state index in [2.05, 4.69) is 20.3 Å². The van der Waals surface area contributed by atoms with Gasteiger partial charge < -0.3 is 15.7 Å². The molecule has 0 aliphatic rings. The third-order valence-corrected chi connectivity index (χ3v) is 8.15. The Balaban J connectivity index is 1.49. The number of hydrogen-bond donors (Lipinski definition) is 4. The molecule has 0 aliphatic carbocycles. The van der Waals surface area contributed by atoms with Crippen LogP contribution in [0, 0.1) is 0 Å². The summed E-state index contributed by atoms with van der Waals surface area (Å²) < 4.78 is 28.7. The number of urea groups is 1. The Morgan fingerprint density at radius 2 is 1.67 bits per heavy atom. The van der Waals surface area contributed by atoms with Gasteiger partial charge >= 0.3 is 12.0 Å². The van der Waals surface area contributed by atoms with Crippen molar-refractivity contribution in [3.8, 4) is 10.4 Å². The number of nitrogens with one attached hydrogen (secondary N) is 3. The highest BCUT2D eigenvalue weighted by Crippen LogP contribution is 2.33. The number of carboxylic acid groups (broad SMARTS) is 1. The maximum Gasteiger partial charge on any atom is 0.323 e. The summed E-state index contributed by atoms with van der Waals surface area (Å²) in [5.41, 5.74) is 2.34. The fourth-order valence-corrected chi connectivity index (χ4v) is 5.98. The molecule has 2 aromatic carbocycles. The molecular weight excluding hydrogens is 500 g/mol. The van der Waals surface area contributed by atoms with Gasteiger partial charge in [-0.3, -0.25) is 9.78 Å². The number of aliphatic carboxylic acids is 1. The van der Waals surface area contributed by atoms with Crippen LogP contribution in [0.5, 0.6) is 0 Å². The summed E-state index contributed by atoms with van der Waals surface area (Å²) in [5.74, 6) is -1.12. The van der Waals surface area contributed by atoms with Crippen LogP contribution in [0.3, 0.4) is 0 Å². The predicted octanol–water partition coefficient (Wildman–Crippen LogP) is 4.95. The molecule has 0 saturated heterocycles. The number of rotatable bonds is 9. The zero-order valence-corrected chi connectivity index (χ0v) is 20.4. The van der Waals surface area contributed by atoms with E-state index in [0.29, 0.717) is 27.4 Å². The molecule has 11 heteroatoms. The first kappa shape index (κ1) is 25.0. The molecule has 1 atom stereocenters. The average molecular weight is 523 g/mol. The minimum absolute atomic E-state index is 0.0523. The molecule has 0 radical (unpaired) electrons. The zero-order valence-electron chi connectivity index (χ0n) is 18.8. The number of benzene rings is 2. The van der Waals surface area contributed by atoms with Crippen LogP contribution in [0.4, 0.5) is 16.2 Å². The van der Waals surface area contributed by atoms with Crippen molar-refractivity contribution in [1.29, 1.82) is 0 Å². The van der Waals surface area contributed by atoms with Gasteiger partial charge in [-0.15, -0.1) is 11.3 Å². The molecule has 4 aromatic rings. The van der Waals surface area contributed by atoms with E-state index in [1.54, 1.807) is 79.0 Å². The smallest absolute Gasteiger partial charge is 0.323 e. The van der Waals surface area contributed by atoms with Gasteiger partial charge in [0.05, 0.1) is 24.3 Å². The quantitative estimate of drug-likeness (QED) is 0.245. The Bertz CT molecular complexity index is 1460. The highest BCUT2D eigenvalue weighted by Gasteiger charge is 2.25. The number of thiophene rings is 1. The van der Waals surface area contributed by atoms with Crippen LogP contribution in [-0.2, 0) is 14.8 Å². The molecule has 0 fully saturated rings. The summed E-state index contributed by atoms with van der Waals surface area (Å²) in [6, 6.07) is 20.8. The van der Waals surface area contributed by atoms with Gasteiger partial charge in [0.1, 0.15) is 4.21 Å². The van der Waals surface area contributed by atoms with Crippen molar-refractivity contribution in [3.63, 3.8) is 0 Å². The first-order chi connectivity index (χ1) is 17.3. The number of aromatic nitrogens is 1. The molecule has 0 bridgehead atoms. The molecule has 2 amide bonds. The first-order valence-corrected chi connectivity index (χ1v) is 13.1. The van der Waals surface area contributed by atoms with Crippen LogP contribution in [0.25, 0.3) is 10.4 Å². The molecular formula is C25H22N4O5S2. The maximum absolute atomic E-state index is 13.1. The lowest BCUT2D eigenvalue weighted by Crippen LogP contribution is -2.29. The van der Waals surface area contributed by atoms with Crippen molar-refractivity contribution in [2.75, 3.05) is 10.6 Å². The molecule has 2 aromatic heterocycles. The van der Waals surface area contributed by atoms with Crippen molar-refractivity contribution >= 4 is 44.7 Å². The monoisotopic (exact) mass is 522 g/mol. The van der Waals surface area contributed by atoms with Crippen LogP contribution in [0.15, 0.2) is 95.5 Å². The lowest BCUT2D eigenvalue weighted by molar-refractivity contribution is -0.137. The number of hydrogen-bond acceptors (Lipinski definition) is 6. The Labute approximate surface area is 211 Å². The predicted molar refractivity (Wildman–Crippen MR) is 138 cm³/mol. The molecule has 9 nitrogen and oxygen atoms in total. The summed E-state index contributed by atoms with van der Waals surface area (Å²) >= 11 is 1.04. The SMILES string of the molecule is O=C(O)CC(NS(=O)(=O)c1ccc(-c2cccc(NC(=O)Nc3cccnc3)c2)s1)c1ccccc1. The van der Waals surface area contributed by atoms with Crippen molar-refractivity contribution < 1.29 is 23.1 Å². The molecule has 0 aliphatic heterocycles. The summed E-state index contributed by atoms with van der Waals surface area (Å²) in [5, 5.41) is 14.7. The van der Waals surface area contributed by atoms with Gasteiger partial charge in [0.25, 0.3) is 10.0 Å². The first-order valence-electron chi connectivity index (χ1n) is 10.8. The lowest BCUT2D eigenvalue weighted by atomic mass is 10.1. The normalized spacial score (nSPS) is 12.0. The highest BCUT2D eigenvalue weighted by molar-refractivity contribution is 7.91. The summed E-state index contributed by atoms with van der Waals surface area (Å²) in [4.78, 5) is 28.2. The van der Waals surface area contributed by atoms with Crippen molar-refractivity contribution in [2.24, 2.45) is 0 Å². The van der Waals surface area contributed by atoms with Crippen molar-refractivity contribution in [2.45, 2.75) is 16.7 Å². The van der Waals surface area contributed by atoms with Crippen molar-refractivity contribution in [3.05, 3.63) is 96.8 Å². The third-order valence-electron chi connectivity index (χ3n) is 5.05. The number of nitrogens with zero attached hydrogens (tertiary/aromatic N) is 1. The highest BCUT2D eigenvalue weighted by atomic mass is 32.2. The molecule has 2 heterocycles. The fourth-order valence-electron chi connectivity index (χ4n) is 3.43. The van der Waals surface area contributed by atoms with Crippen LogP contribution >= 0.6 is 11.3 Å². The number of amides is 2. The molecule has 4 N–H and O–H groups in total. The molecule has 1 unspecified atom stereocenters. The van der Waals surface area contributed by atoms with E-state index < -0.39 is 34.5 Å². The van der Waals surface area contributed by atoms with Gasteiger partial charge in [-0.1, -0.05) is 42.5 Å². The number of carbonyl (C=O) groups is 2. The van der Waals surface area contributed by atoms with Gasteiger partial charge in [0.2, 0.25) is 0 Å². The van der Waals surface area contributed by atoms with Gasteiger partial charge in [0.15, 0.2) is 0 Å². The second kappa shape index (κ2) is 11.1. The topological polar surface area (TPSA) is 137 Å². The minimum Gasteiger partial charge on any atom is -0.481 e. The van der Waals surface area contributed by atoms with E-state index in [1.807, 2.05) is 0 Å². The average Bonchev–Trinajstić information content (AvgIpc) is 3.36. The number of sulfonamides is 1. The number of anilines is 2.